The molecule has 0 fully saturated rings. The van der Waals surface area contributed by atoms with Gasteiger partial charge in [0.25, 0.3) is 0 Å². The Morgan fingerprint density at radius 3 is 2.57 bits per heavy atom. The van der Waals surface area contributed by atoms with Gasteiger partial charge in [0.05, 0.1) is 12.7 Å². The maximum atomic E-state index is 11.2. The van der Waals surface area contributed by atoms with Crippen LogP contribution in [0.3, 0.4) is 0 Å². The van der Waals surface area contributed by atoms with Crippen LogP contribution < -0.4 is 0 Å². The molecule has 0 rings (SSSR count). The lowest BCUT2D eigenvalue weighted by molar-refractivity contribution is -0.148. The van der Waals surface area contributed by atoms with Crippen molar-refractivity contribution in [3.05, 3.63) is 10.4 Å². The molecule has 0 heterocycles. The summed E-state index contributed by atoms with van der Waals surface area (Å²) >= 11 is 0. The normalized spacial score (nSPS) is 14.4. The first-order valence-corrected chi connectivity index (χ1v) is 4.43. The molecule has 0 aliphatic heterocycles. The molecule has 0 aliphatic carbocycles. The number of carbonyl (C=O) groups excluding carboxylic acids is 1. The van der Waals surface area contributed by atoms with Crippen molar-refractivity contribution in [1.82, 2.24) is 0 Å². The summed E-state index contributed by atoms with van der Waals surface area (Å²) in [4.78, 5) is 13.7. The first kappa shape index (κ1) is 12.7. The van der Waals surface area contributed by atoms with Gasteiger partial charge < -0.3 is 9.84 Å². The molecule has 0 aromatic carbocycles. The van der Waals surface area contributed by atoms with Crippen LogP contribution in [-0.2, 0) is 9.53 Å². The van der Waals surface area contributed by atoms with Crippen molar-refractivity contribution in [2.75, 3.05) is 6.61 Å². The first-order chi connectivity index (χ1) is 6.54. The zero-order valence-corrected chi connectivity index (χ0v) is 8.54. The maximum absolute atomic E-state index is 11.2. The third-order valence-electron chi connectivity index (χ3n) is 1.71. The third kappa shape index (κ3) is 3.64. The number of ether oxygens (including phenoxy) is 1. The minimum atomic E-state index is -1.15. The van der Waals surface area contributed by atoms with Crippen molar-refractivity contribution in [2.45, 2.75) is 32.9 Å². The standard InChI is InChI=1S/C8H15N3O3/c1-4-14-8(13)6(10-11-9)7(12)5(2)3/h5-7,12H,4H2,1-3H3/t6-,7-/m1/s1. The van der Waals surface area contributed by atoms with E-state index in [1.165, 1.54) is 0 Å². The summed E-state index contributed by atoms with van der Waals surface area (Å²) in [6.45, 7) is 5.29. The summed E-state index contributed by atoms with van der Waals surface area (Å²) in [5.41, 5.74) is 8.22. The highest BCUT2D eigenvalue weighted by Gasteiger charge is 2.29. The summed E-state index contributed by atoms with van der Waals surface area (Å²) < 4.78 is 4.66. The highest BCUT2D eigenvalue weighted by molar-refractivity contribution is 5.76. The van der Waals surface area contributed by atoms with E-state index in [-0.39, 0.29) is 12.5 Å². The van der Waals surface area contributed by atoms with Gasteiger partial charge in [-0.05, 0) is 18.4 Å². The van der Waals surface area contributed by atoms with Gasteiger partial charge in [0.15, 0.2) is 6.04 Å². The van der Waals surface area contributed by atoms with Crippen LogP contribution in [0.25, 0.3) is 10.4 Å². The topological polar surface area (TPSA) is 95.3 Å². The molecule has 2 atom stereocenters. The number of nitrogens with zero attached hydrogens (tertiary/aromatic N) is 3. The number of carbonyl (C=O) groups is 1. The van der Waals surface area contributed by atoms with Crippen molar-refractivity contribution in [2.24, 2.45) is 11.0 Å². The van der Waals surface area contributed by atoms with Gasteiger partial charge in [0, 0.05) is 4.91 Å². The summed E-state index contributed by atoms with van der Waals surface area (Å²) in [6.07, 6.45) is -1.01. The quantitative estimate of drug-likeness (QED) is 0.314. The summed E-state index contributed by atoms with van der Waals surface area (Å²) in [5.74, 6) is -0.860. The molecule has 6 nitrogen and oxygen atoms in total. The van der Waals surface area contributed by atoms with Gasteiger partial charge in [-0.25, -0.2) is 0 Å². The monoisotopic (exact) mass is 201 g/mol. The lowest BCUT2D eigenvalue weighted by Crippen LogP contribution is -2.37. The summed E-state index contributed by atoms with van der Waals surface area (Å²) in [6, 6.07) is -1.15. The Morgan fingerprint density at radius 1 is 1.64 bits per heavy atom. The number of hydrogen-bond donors (Lipinski definition) is 1. The zero-order chi connectivity index (χ0) is 11.1. The van der Waals surface area contributed by atoms with Crippen LogP contribution in [0.1, 0.15) is 20.8 Å². The predicted octanol–water partition coefficient (Wildman–Crippen LogP) is 1.25. The highest BCUT2D eigenvalue weighted by Crippen LogP contribution is 2.11. The Hall–Kier alpha value is -1.26. The highest BCUT2D eigenvalue weighted by atomic mass is 16.5. The molecule has 0 spiro atoms. The van der Waals surface area contributed by atoms with Crippen LogP contribution in [-0.4, -0.2) is 29.8 Å². The number of azide groups is 1. The lowest BCUT2D eigenvalue weighted by Gasteiger charge is -2.19. The average Bonchev–Trinajstić information content (AvgIpc) is 2.13. The second kappa shape index (κ2) is 6.23. The van der Waals surface area contributed by atoms with E-state index in [1.807, 2.05) is 0 Å². The van der Waals surface area contributed by atoms with Gasteiger partial charge in [-0.15, -0.1) is 0 Å². The van der Waals surface area contributed by atoms with Gasteiger partial charge in [-0.3, -0.25) is 4.79 Å². The van der Waals surface area contributed by atoms with Crippen LogP contribution >= 0.6 is 0 Å². The second-order valence-corrected chi connectivity index (χ2v) is 3.14. The van der Waals surface area contributed by atoms with Gasteiger partial charge >= 0.3 is 5.97 Å². The molecular formula is C8H15N3O3. The van der Waals surface area contributed by atoms with Gasteiger partial charge in [0.2, 0.25) is 0 Å². The second-order valence-electron chi connectivity index (χ2n) is 3.14. The fraction of sp³-hybridized carbons (Fsp3) is 0.875. The van der Waals surface area contributed by atoms with Crippen molar-refractivity contribution < 1.29 is 14.6 Å². The van der Waals surface area contributed by atoms with Crippen molar-refractivity contribution >= 4 is 5.97 Å². The lowest BCUT2D eigenvalue weighted by atomic mass is 10.0. The van der Waals surface area contributed by atoms with E-state index in [1.54, 1.807) is 20.8 Å². The smallest absolute Gasteiger partial charge is 0.317 e. The van der Waals surface area contributed by atoms with Crippen LogP contribution in [0, 0.1) is 5.92 Å². The van der Waals surface area contributed by atoms with E-state index in [0.29, 0.717) is 0 Å². The summed E-state index contributed by atoms with van der Waals surface area (Å²) in [5, 5.41) is 12.8. The van der Waals surface area contributed by atoms with E-state index in [4.69, 9.17) is 5.53 Å². The van der Waals surface area contributed by atoms with Crippen LogP contribution in [0.4, 0.5) is 0 Å². The molecule has 0 bridgehead atoms. The van der Waals surface area contributed by atoms with Gasteiger partial charge in [-0.2, -0.15) is 0 Å². The number of esters is 1. The molecule has 0 saturated heterocycles. The fourth-order valence-electron chi connectivity index (χ4n) is 0.903. The molecule has 0 radical (unpaired) electrons. The number of rotatable bonds is 5. The molecule has 0 saturated carbocycles. The number of aliphatic hydroxyl groups is 1. The Labute approximate surface area is 82.5 Å². The van der Waals surface area contributed by atoms with E-state index in [9.17, 15) is 9.90 Å². The van der Waals surface area contributed by atoms with E-state index in [2.05, 4.69) is 14.8 Å². The van der Waals surface area contributed by atoms with Crippen molar-refractivity contribution in [3.8, 4) is 0 Å². The number of aliphatic hydroxyl groups excluding tert-OH is 1. The fourth-order valence-corrected chi connectivity index (χ4v) is 0.903. The average molecular weight is 201 g/mol. The molecule has 0 aromatic rings. The molecule has 0 aliphatic rings. The van der Waals surface area contributed by atoms with Gasteiger partial charge in [-0.1, -0.05) is 19.0 Å². The molecule has 6 heteroatoms. The van der Waals surface area contributed by atoms with E-state index >= 15 is 0 Å². The van der Waals surface area contributed by atoms with E-state index in [0.717, 1.165) is 0 Å². The molecule has 1 N–H and O–H groups in total. The van der Waals surface area contributed by atoms with Crippen molar-refractivity contribution in [1.29, 1.82) is 0 Å². The minimum Gasteiger partial charge on any atom is -0.466 e. The molecule has 0 aromatic heterocycles. The SMILES string of the molecule is CCOC(=O)[C@H](N=[N+]=[N-])[C@H](O)C(C)C. The largest absolute Gasteiger partial charge is 0.466 e. The third-order valence-corrected chi connectivity index (χ3v) is 1.71. The Kier molecular flexibility index (Phi) is 5.67. The Balaban J connectivity index is 4.58. The van der Waals surface area contributed by atoms with Gasteiger partial charge in [0.1, 0.15) is 0 Å². The predicted molar refractivity (Wildman–Crippen MR) is 50.4 cm³/mol. The maximum Gasteiger partial charge on any atom is 0.317 e. The zero-order valence-electron chi connectivity index (χ0n) is 8.54. The Bertz CT molecular complexity index is 236. The Morgan fingerprint density at radius 2 is 2.21 bits per heavy atom. The minimum absolute atomic E-state index is 0.171. The van der Waals surface area contributed by atoms with Crippen LogP contribution in [0.2, 0.25) is 0 Å². The van der Waals surface area contributed by atoms with Crippen LogP contribution in [0.5, 0.6) is 0 Å². The molecule has 14 heavy (non-hydrogen) atoms. The van der Waals surface area contributed by atoms with Crippen molar-refractivity contribution in [3.63, 3.8) is 0 Å². The van der Waals surface area contributed by atoms with E-state index < -0.39 is 18.1 Å². The molecule has 80 valence electrons. The van der Waals surface area contributed by atoms with Crippen LogP contribution in [0.15, 0.2) is 5.11 Å². The summed E-state index contributed by atoms with van der Waals surface area (Å²) in [7, 11) is 0. The number of hydrogen-bond acceptors (Lipinski definition) is 4. The molecule has 0 unspecified atom stereocenters. The molecular weight excluding hydrogens is 186 g/mol. The first-order valence-electron chi connectivity index (χ1n) is 4.43. The molecule has 0 amide bonds.